The largest absolute Gasteiger partial charge is 0.372 e. The number of likely N-dealkylation sites (tertiary alicyclic amines) is 1. The number of nitrogen functional groups attached to an aromatic ring is 1. The molecular formula is C16H20N4O. The third kappa shape index (κ3) is 2.48. The first-order valence-corrected chi connectivity index (χ1v) is 7.55. The van der Waals surface area contributed by atoms with Crippen LogP contribution in [0.25, 0.3) is 10.9 Å². The van der Waals surface area contributed by atoms with E-state index in [1.54, 1.807) is 0 Å². The van der Waals surface area contributed by atoms with Crippen molar-refractivity contribution in [2.75, 3.05) is 18.5 Å². The summed E-state index contributed by atoms with van der Waals surface area (Å²) >= 11 is 0. The molecule has 2 aliphatic heterocycles. The molecule has 2 aromatic rings. The number of morpholine rings is 1. The van der Waals surface area contributed by atoms with Crippen LogP contribution in [0.15, 0.2) is 30.3 Å². The first-order valence-electron chi connectivity index (χ1n) is 7.55. The lowest BCUT2D eigenvalue weighted by Gasteiger charge is -2.32. The number of para-hydroxylation sites is 1. The van der Waals surface area contributed by atoms with E-state index < -0.39 is 0 Å². The van der Waals surface area contributed by atoms with Gasteiger partial charge in [-0.1, -0.05) is 18.2 Å². The summed E-state index contributed by atoms with van der Waals surface area (Å²) in [5.41, 5.74) is 4.87. The van der Waals surface area contributed by atoms with Gasteiger partial charge in [-0.15, -0.1) is 0 Å². The zero-order chi connectivity index (χ0) is 14.2. The van der Waals surface area contributed by atoms with E-state index in [9.17, 15) is 0 Å². The van der Waals surface area contributed by atoms with Crippen molar-refractivity contribution in [3.63, 3.8) is 0 Å². The first kappa shape index (κ1) is 13.0. The summed E-state index contributed by atoms with van der Waals surface area (Å²) in [7, 11) is 0. The predicted octanol–water partition coefficient (Wildman–Crippen LogP) is 1.88. The van der Waals surface area contributed by atoms with Crippen LogP contribution >= 0.6 is 0 Å². The Labute approximate surface area is 124 Å². The molecule has 0 amide bonds. The number of hydrogen-bond acceptors (Lipinski definition) is 5. The van der Waals surface area contributed by atoms with Crippen molar-refractivity contribution in [3.8, 4) is 0 Å². The lowest BCUT2D eigenvalue weighted by Crippen LogP contribution is -2.42. The number of hydrogen-bond donors (Lipinski definition) is 2. The fourth-order valence-electron chi connectivity index (χ4n) is 3.47. The minimum absolute atomic E-state index is 0.409. The SMILES string of the molecule is NNc1nc2ccccc2cc1CN1CC2CCC(C1)O2. The zero-order valence-corrected chi connectivity index (χ0v) is 12.0. The van der Waals surface area contributed by atoms with Crippen LogP contribution in [0.5, 0.6) is 0 Å². The number of ether oxygens (including phenoxy) is 1. The summed E-state index contributed by atoms with van der Waals surface area (Å²) in [6.45, 7) is 2.88. The second-order valence-electron chi connectivity index (χ2n) is 5.98. The molecule has 2 atom stereocenters. The number of nitrogens with one attached hydrogen (secondary N) is 1. The minimum Gasteiger partial charge on any atom is -0.372 e. The van der Waals surface area contributed by atoms with Crippen LogP contribution in [0.3, 0.4) is 0 Å². The van der Waals surface area contributed by atoms with Gasteiger partial charge in [0, 0.05) is 30.6 Å². The lowest BCUT2D eigenvalue weighted by atomic mass is 10.1. The third-order valence-electron chi connectivity index (χ3n) is 4.45. The maximum absolute atomic E-state index is 5.89. The van der Waals surface area contributed by atoms with Gasteiger partial charge in [0.15, 0.2) is 0 Å². The topological polar surface area (TPSA) is 63.4 Å². The Kier molecular flexibility index (Phi) is 3.25. The molecule has 2 bridgehead atoms. The van der Waals surface area contributed by atoms with Crippen molar-refractivity contribution >= 4 is 16.7 Å². The van der Waals surface area contributed by atoms with Crippen LogP contribution in [0.4, 0.5) is 5.82 Å². The highest BCUT2D eigenvalue weighted by Crippen LogP contribution is 2.28. The number of nitrogens with two attached hydrogens (primary N) is 1. The van der Waals surface area contributed by atoms with E-state index in [4.69, 9.17) is 10.6 Å². The lowest BCUT2D eigenvalue weighted by molar-refractivity contribution is -0.0410. The van der Waals surface area contributed by atoms with E-state index in [2.05, 4.69) is 27.4 Å². The molecule has 3 N–H and O–H groups in total. The van der Waals surface area contributed by atoms with Crippen LogP contribution in [0.2, 0.25) is 0 Å². The molecule has 21 heavy (non-hydrogen) atoms. The Hall–Kier alpha value is -1.69. The highest BCUT2D eigenvalue weighted by Gasteiger charge is 2.33. The second kappa shape index (κ2) is 5.26. The maximum Gasteiger partial charge on any atom is 0.145 e. The fraction of sp³-hybridized carbons (Fsp3) is 0.438. The molecule has 110 valence electrons. The quantitative estimate of drug-likeness (QED) is 0.665. The van der Waals surface area contributed by atoms with Gasteiger partial charge in [0.05, 0.1) is 17.7 Å². The number of benzene rings is 1. The summed E-state index contributed by atoms with van der Waals surface area (Å²) in [5.74, 6) is 6.43. The van der Waals surface area contributed by atoms with E-state index >= 15 is 0 Å². The summed E-state index contributed by atoms with van der Waals surface area (Å²) in [5, 5.41) is 1.16. The first-order chi connectivity index (χ1) is 10.3. The summed E-state index contributed by atoms with van der Waals surface area (Å²) < 4.78 is 5.89. The van der Waals surface area contributed by atoms with Crippen molar-refractivity contribution < 1.29 is 4.74 Å². The summed E-state index contributed by atoms with van der Waals surface area (Å²) in [4.78, 5) is 7.08. The fourth-order valence-corrected chi connectivity index (χ4v) is 3.47. The van der Waals surface area contributed by atoms with Gasteiger partial charge in [-0.3, -0.25) is 4.90 Å². The molecule has 1 aromatic heterocycles. The number of rotatable bonds is 3. The Morgan fingerprint density at radius 1 is 1.24 bits per heavy atom. The average molecular weight is 284 g/mol. The molecule has 5 heteroatoms. The van der Waals surface area contributed by atoms with Crippen LogP contribution in [-0.4, -0.2) is 35.2 Å². The molecule has 2 fully saturated rings. The zero-order valence-electron chi connectivity index (χ0n) is 12.0. The molecule has 3 heterocycles. The summed E-state index contributed by atoms with van der Waals surface area (Å²) in [6.07, 6.45) is 3.20. The monoisotopic (exact) mass is 284 g/mol. The molecule has 0 spiro atoms. The predicted molar refractivity (Wildman–Crippen MR) is 82.7 cm³/mol. The molecule has 0 aliphatic carbocycles. The molecule has 2 saturated heterocycles. The maximum atomic E-state index is 5.89. The van der Waals surface area contributed by atoms with Crippen molar-refractivity contribution in [3.05, 3.63) is 35.9 Å². The van der Waals surface area contributed by atoms with Gasteiger partial charge >= 0.3 is 0 Å². The van der Waals surface area contributed by atoms with Gasteiger partial charge < -0.3 is 10.2 Å². The van der Waals surface area contributed by atoms with Crippen molar-refractivity contribution in [2.24, 2.45) is 5.84 Å². The van der Waals surface area contributed by atoms with E-state index in [-0.39, 0.29) is 0 Å². The smallest absolute Gasteiger partial charge is 0.145 e. The van der Waals surface area contributed by atoms with E-state index in [0.29, 0.717) is 12.2 Å². The Balaban J connectivity index is 1.62. The average Bonchev–Trinajstić information content (AvgIpc) is 2.85. The van der Waals surface area contributed by atoms with E-state index in [0.717, 1.165) is 41.9 Å². The van der Waals surface area contributed by atoms with Crippen LogP contribution in [0, 0.1) is 0 Å². The highest BCUT2D eigenvalue weighted by molar-refractivity contribution is 5.81. The molecule has 2 aliphatic rings. The molecule has 5 nitrogen and oxygen atoms in total. The number of nitrogens with zero attached hydrogens (tertiary/aromatic N) is 2. The van der Waals surface area contributed by atoms with Crippen LogP contribution < -0.4 is 11.3 Å². The summed E-state index contributed by atoms with van der Waals surface area (Å²) in [6, 6.07) is 10.3. The molecule has 4 rings (SSSR count). The molecule has 0 saturated carbocycles. The van der Waals surface area contributed by atoms with Gasteiger partial charge in [-0.25, -0.2) is 10.8 Å². The second-order valence-corrected chi connectivity index (χ2v) is 5.98. The van der Waals surface area contributed by atoms with Gasteiger partial charge in [0.2, 0.25) is 0 Å². The van der Waals surface area contributed by atoms with Crippen molar-refractivity contribution in [2.45, 2.75) is 31.6 Å². The van der Waals surface area contributed by atoms with Gasteiger partial charge in [-0.2, -0.15) is 0 Å². The van der Waals surface area contributed by atoms with Crippen molar-refractivity contribution in [1.82, 2.24) is 9.88 Å². The highest BCUT2D eigenvalue weighted by atomic mass is 16.5. The third-order valence-corrected chi connectivity index (χ3v) is 4.45. The number of aromatic nitrogens is 1. The van der Waals surface area contributed by atoms with Gasteiger partial charge in [0.1, 0.15) is 5.82 Å². The number of anilines is 1. The molecule has 1 aromatic carbocycles. The van der Waals surface area contributed by atoms with Gasteiger partial charge in [-0.05, 0) is 25.0 Å². The molecular weight excluding hydrogens is 264 g/mol. The normalized spacial score (nSPS) is 25.4. The van der Waals surface area contributed by atoms with Crippen LogP contribution in [0.1, 0.15) is 18.4 Å². The molecule has 2 unspecified atom stereocenters. The number of fused-ring (bicyclic) bond motifs is 3. The van der Waals surface area contributed by atoms with E-state index in [1.165, 1.54) is 12.8 Å². The number of pyridine rings is 1. The standard InChI is InChI=1S/C16H20N4O/c17-19-16-12(7-11-3-1-2-4-15(11)18-16)8-20-9-13-5-6-14(10-20)21-13/h1-4,7,13-14H,5-6,8-10,17H2,(H,18,19). The Bertz CT molecular complexity index is 648. The van der Waals surface area contributed by atoms with Crippen LogP contribution in [-0.2, 0) is 11.3 Å². The minimum atomic E-state index is 0.409. The Morgan fingerprint density at radius 2 is 2.00 bits per heavy atom. The number of hydrazine groups is 1. The van der Waals surface area contributed by atoms with E-state index in [1.807, 2.05) is 18.2 Å². The van der Waals surface area contributed by atoms with Gasteiger partial charge in [0.25, 0.3) is 0 Å². The molecule has 0 radical (unpaired) electrons. The van der Waals surface area contributed by atoms with Crippen molar-refractivity contribution in [1.29, 1.82) is 0 Å². The Morgan fingerprint density at radius 3 is 2.76 bits per heavy atom.